The molecule has 2 aliphatic rings. The van der Waals surface area contributed by atoms with Crippen molar-refractivity contribution in [2.75, 3.05) is 31.6 Å². The van der Waals surface area contributed by atoms with Crippen LogP contribution >= 0.6 is 0 Å². The molecule has 2 fully saturated rings. The van der Waals surface area contributed by atoms with Gasteiger partial charge in [0.15, 0.2) is 0 Å². The van der Waals surface area contributed by atoms with Crippen molar-refractivity contribution in [2.45, 2.75) is 58.2 Å². The number of likely N-dealkylation sites (tertiary alicyclic amines) is 1. The van der Waals surface area contributed by atoms with E-state index in [0.717, 1.165) is 28.1 Å². The Hall–Kier alpha value is -4.08. The van der Waals surface area contributed by atoms with Gasteiger partial charge in [0.25, 0.3) is 0 Å². The molecule has 39 heavy (non-hydrogen) atoms. The first kappa shape index (κ1) is 26.5. The largest absolute Gasteiger partial charge is 0.497 e. The Bertz CT molecular complexity index is 1340. The summed E-state index contributed by atoms with van der Waals surface area (Å²) >= 11 is 0. The van der Waals surface area contributed by atoms with Crippen LogP contribution in [-0.2, 0) is 11.3 Å². The van der Waals surface area contributed by atoms with Gasteiger partial charge in [0, 0.05) is 42.7 Å². The Kier molecular flexibility index (Phi) is 6.96. The number of carbonyl (C=O) groups is 2. The number of urea groups is 1. The number of hydrogen-bond donors (Lipinski definition) is 1. The minimum Gasteiger partial charge on any atom is -0.497 e. The van der Waals surface area contributed by atoms with Crippen molar-refractivity contribution < 1.29 is 19.1 Å². The third kappa shape index (κ3) is 5.41. The normalized spacial score (nSPS) is 17.2. The van der Waals surface area contributed by atoms with E-state index in [1.807, 2.05) is 75.2 Å². The third-order valence-electron chi connectivity index (χ3n) is 7.46. The minimum atomic E-state index is -0.559. The van der Waals surface area contributed by atoms with Crippen LogP contribution in [0.25, 0.3) is 11.1 Å². The molecule has 0 aliphatic carbocycles. The highest BCUT2D eigenvalue weighted by Gasteiger charge is 2.52. The van der Waals surface area contributed by atoms with Crippen molar-refractivity contribution in [3.8, 4) is 16.9 Å². The zero-order valence-electron chi connectivity index (χ0n) is 23.2. The van der Waals surface area contributed by atoms with E-state index in [-0.39, 0.29) is 12.1 Å². The van der Waals surface area contributed by atoms with Gasteiger partial charge in [-0.15, -0.1) is 0 Å². The standard InChI is InChI=1S/C29H36N6O4/c1-20-24(22-16-30-31-17-22)9-10-25(32-20)34-19-29(11-13-33(14-12-29)27(37)39-28(2,3)4)35(26(34)36)18-21-7-6-8-23(15-21)38-5/h6-10,15-17H,11-14,18-19H2,1-5H3,(H,30,31). The van der Waals surface area contributed by atoms with Crippen molar-refractivity contribution in [1.82, 2.24) is 25.0 Å². The Morgan fingerprint density at radius 3 is 2.56 bits per heavy atom. The van der Waals surface area contributed by atoms with Gasteiger partial charge >= 0.3 is 12.1 Å². The zero-order chi connectivity index (χ0) is 27.8. The molecule has 0 atom stereocenters. The van der Waals surface area contributed by atoms with Crippen molar-refractivity contribution in [3.63, 3.8) is 0 Å². The highest BCUT2D eigenvalue weighted by molar-refractivity contribution is 5.95. The van der Waals surface area contributed by atoms with Crippen LogP contribution in [-0.4, -0.2) is 75.0 Å². The molecule has 0 bridgehead atoms. The number of pyridine rings is 1. The van der Waals surface area contributed by atoms with E-state index >= 15 is 0 Å². The van der Waals surface area contributed by atoms with E-state index < -0.39 is 11.1 Å². The second-order valence-electron chi connectivity index (χ2n) is 11.3. The van der Waals surface area contributed by atoms with E-state index in [1.165, 1.54) is 0 Å². The predicted molar refractivity (Wildman–Crippen MR) is 148 cm³/mol. The summed E-state index contributed by atoms with van der Waals surface area (Å²) in [6.07, 6.45) is 4.56. The molecule has 2 saturated heterocycles. The number of anilines is 1. The molecule has 2 aliphatic heterocycles. The van der Waals surface area contributed by atoms with E-state index in [0.29, 0.717) is 44.8 Å². The van der Waals surface area contributed by atoms with Gasteiger partial charge in [-0.1, -0.05) is 12.1 Å². The first-order chi connectivity index (χ1) is 18.6. The lowest BCUT2D eigenvalue weighted by molar-refractivity contribution is 0.00785. The van der Waals surface area contributed by atoms with Gasteiger partial charge < -0.3 is 19.3 Å². The fourth-order valence-electron chi connectivity index (χ4n) is 5.43. The van der Waals surface area contributed by atoms with E-state index in [4.69, 9.17) is 14.5 Å². The maximum atomic E-state index is 14.0. The van der Waals surface area contributed by atoms with Gasteiger partial charge in [-0.2, -0.15) is 5.10 Å². The van der Waals surface area contributed by atoms with Crippen molar-refractivity contribution >= 4 is 17.9 Å². The molecule has 1 aromatic carbocycles. The molecule has 3 amide bonds. The summed E-state index contributed by atoms with van der Waals surface area (Å²) in [5, 5.41) is 6.88. The molecule has 0 unspecified atom stereocenters. The molecule has 10 heteroatoms. The number of H-pyrrole nitrogens is 1. The minimum absolute atomic E-state index is 0.0912. The van der Waals surface area contributed by atoms with Crippen LogP contribution in [0.1, 0.15) is 44.9 Å². The van der Waals surface area contributed by atoms with Crippen molar-refractivity contribution in [3.05, 3.63) is 60.0 Å². The highest BCUT2D eigenvalue weighted by atomic mass is 16.6. The number of aromatic amines is 1. The lowest BCUT2D eigenvalue weighted by Gasteiger charge is -2.43. The number of hydrogen-bond acceptors (Lipinski definition) is 6. The molecule has 5 rings (SSSR count). The van der Waals surface area contributed by atoms with Gasteiger partial charge in [0.2, 0.25) is 0 Å². The molecule has 2 aromatic heterocycles. The monoisotopic (exact) mass is 532 g/mol. The molecule has 1 spiro atoms. The lowest BCUT2D eigenvalue weighted by Crippen LogP contribution is -2.55. The molecule has 3 aromatic rings. The number of nitrogens with zero attached hydrogens (tertiary/aromatic N) is 5. The van der Waals surface area contributed by atoms with E-state index in [1.54, 1.807) is 23.1 Å². The van der Waals surface area contributed by atoms with Crippen molar-refractivity contribution in [2.24, 2.45) is 0 Å². The number of carbonyl (C=O) groups excluding carboxylic acids is 2. The summed E-state index contributed by atoms with van der Waals surface area (Å²) in [4.78, 5) is 37.1. The quantitative estimate of drug-likeness (QED) is 0.496. The van der Waals surface area contributed by atoms with Gasteiger partial charge in [-0.05, 0) is 70.4 Å². The van der Waals surface area contributed by atoms with Gasteiger partial charge in [0.1, 0.15) is 17.2 Å². The topological polar surface area (TPSA) is 104 Å². The smallest absolute Gasteiger partial charge is 0.410 e. The first-order valence-corrected chi connectivity index (χ1v) is 13.3. The Balaban J connectivity index is 1.43. The van der Waals surface area contributed by atoms with Crippen LogP contribution in [0.15, 0.2) is 48.8 Å². The number of piperidine rings is 1. The summed E-state index contributed by atoms with van der Waals surface area (Å²) in [7, 11) is 1.64. The second kappa shape index (κ2) is 10.2. The number of amides is 3. The number of benzene rings is 1. The maximum absolute atomic E-state index is 14.0. The third-order valence-corrected chi connectivity index (χ3v) is 7.46. The number of aryl methyl sites for hydroxylation is 1. The molecular weight excluding hydrogens is 496 g/mol. The zero-order valence-corrected chi connectivity index (χ0v) is 23.2. The average molecular weight is 533 g/mol. The summed E-state index contributed by atoms with van der Waals surface area (Å²) in [5.41, 5.74) is 2.71. The Labute approximate surface area is 228 Å². The number of nitrogens with one attached hydrogen (secondary N) is 1. The summed E-state index contributed by atoms with van der Waals surface area (Å²) in [6, 6.07) is 11.6. The lowest BCUT2D eigenvalue weighted by atomic mass is 9.86. The van der Waals surface area contributed by atoms with E-state index in [9.17, 15) is 9.59 Å². The van der Waals surface area contributed by atoms with Crippen molar-refractivity contribution in [1.29, 1.82) is 0 Å². The number of ether oxygens (including phenoxy) is 2. The number of rotatable bonds is 5. The molecular formula is C29H36N6O4. The summed E-state index contributed by atoms with van der Waals surface area (Å²) < 4.78 is 11.0. The van der Waals surface area contributed by atoms with Crippen LogP contribution < -0.4 is 9.64 Å². The molecule has 0 radical (unpaired) electrons. The molecule has 206 valence electrons. The molecule has 10 nitrogen and oxygen atoms in total. The summed E-state index contributed by atoms with van der Waals surface area (Å²) in [5.74, 6) is 1.36. The molecule has 0 saturated carbocycles. The van der Waals surface area contributed by atoms with Crippen LogP contribution in [0.5, 0.6) is 5.75 Å². The van der Waals surface area contributed by atoms with Crippen LogP contribution in [0, 0.1) is 6.92 Å². The molecule has 4 heterocycles. The summed E-state index contributed by atoms with van der Waals surface area (Å²) in [6.45, 7) is 9.49. The number of methoxy groups -OCH3 is 1. The van der Waals surface area contributed by atoms with Gasteiger partial charge in [-0.25, -0.2) is 14.6 Å². The first-order valence-electron chi connectivity index (χ1n) is 13.3. The predicted octanol–water partition coefficient (Wildman–Crippen LogP) is 5.00. The van der Waals surface area contributed by atoms with Gasteiger partial charge in [0.05, 0.1) is 25.4 Å². The highest BCUT2D eigenvalue weighted by Crippen LogP contribution is 2.40. The fourth-order valence-corrected chi connectivity index (χ4v) is 5.43. The molecule has 1 N–H and O–H groups in total. The SMILES string of the molecule is COc1cccc(CN2C(=O)N(c3ccc(-c4cn[nH]c4)c(C)n3)CC23CCN(C(=O)OC(C)(C)C)CC3)c1. The Morgan fingerprint density at radius 2 is 1.92 bits per heavy atom. The second-order valence-corrected chi connectivity index (χ2v) is 11.3. The van der Waals surface area contributed by atoms with Crippen LogP contribution in [0.2, 0.25) is 0 Å². The number of aromatic nitrogens is 3. The average Bonchev–Trinajstić information content (AvgIpc) is 3.52. The fraction of sp³-hybridized carbons (Fsp3) is 0.448. The maximum Gasteiger partial charge on any atom is 0.410 e. The van der Waals surface area contributed by atoms with E-state index in [2.05, 4.69) is 10.2 Å². The van der Waals surface area contributed by atoms with Crippen LogP contribution in [0.4, 0.5) is 15.4 Å². The van der Waals surface area contributed by atoms with Gasteiger partial charge in [-0.3, -0.25) is 10.00 Å². The van der Waals surface area contributed by atoms with Crippen LogP contribution in [0.3, 0.4) is 0 Å². The Morgan fingerprint density at radius 1 is 1.15 bits per heavy atom.